The lowest BCUT2D eigenvalue weighted by atomic mass is 10.0. The van der Waals surface area contributed by atoms with E-state index in [-0.39, 0.29) is 11.2 Å². The molecule has 0 amide bonds. The third kappa shape index (κ3) is 1.15. The fraction of sp³-hybridized carbons (Fsp3) is 0.333. The molecule has 0 aliphatic heterocycles. The Labute approximate surface area is 78.7 Å². The Hall–Kier alpha value is -1.24. The molecule has 0 heterocycles. The van der Waals surface area contributed by atoms with Gasteiger partial charge in [-0.2, -0.15) is 0 Å². The molecule has 1 heteroatoms. The molecular formula is C12H13O. The highest BCUT2D eigenvalue weighted by molar-refractivity contribution is 5.48. The third-order valence-corrected chi connectivity index (χ3v) is 3.03. The normalized spacial score (nSPS) is 24.5. The molecule has 2 rings (SSSR count). The molecular weight excluding hydrogens is 160 g/mol. The maximum Gasteiger partial charge on any atom is 0.178 e. The zero-order valence-electron chi connectivity index (χ0n) is 8.00. The molecule has 0 N–H and O–H groups in total. The van der Waals surface area contributed by atoms with Gasteiger partial charge in [0.2, 0.25) is 0 Å². The highest BCUT2D eigenvalue weighted by atomic mass is 16.3. The number of hydrogen-bond acceptors (Lipinski definition) is 0. The second-order valence-corrected chi connectivity index (χ2v) is 4.25. The van der Waals surface area contributed by atoms with Crippen LogP contribution in [-0.4, -0.2) is 0 Å². The zero-order chi connectivity index (χ0) is 9.64. The zero-order valence-corrected chi connectivity index (χ0v) is 8.00. The maximum absolute atomic E-state index is 10.9. The van der Waals surface area contributed by atoms with Crippen LogP contribution < -0.4 is 0 Å². The van der Waals surface area contributed by atoms with Gasteiger partial charge in [0.15, 0.2) is 5.75 Å². The van der Waals surface area contributed by atoms with Gasteiger partial charge in [-0.1, -0.05) is 38.1 Å². The SMILES string of the molecule is C=C1C(c2ccc([O])cc2)C1(C)C. The first-order valence-electron chi connectivity index (χ1n) is 4.50. The maximum atomic E-state index is 10.9. The Morgan fingerprint density at radius 3 is 2.08 bits per heavy atom. The summed E-state index contributed by atoms with van der Waals surface area (Å²) in [6, 6.07) is 7.06. The van der Waals surface area contributed by atoms with E-state index in [2.05, 4.69) is 20.4 Å². The minimum absolute atomic E-state index is 0.0767. The molecule has 1 saturated carbocycles. The topological polar surface area (TPSA) is 19.9 Å². The summed E-state index contributed by atoms with van der Waals surface area (Å²) >= 11 is 0. The van der Waals surface area contributed by atoms with Crippen LogP contribution in [0.2, 0.25) is 0 Å². The summed E-state index contributed by atoms with van der Waals surface area (Å²) in [7, 11) is 0. The van der Waals surface area contributed by atoms with E-state index < -0.39 is 0 Å². The van der Waals surface area contributed by atoms with Gasteiger partial charge in [0.1, 0.15) is 0 Å². The van der Waals surface area contributed by atoms with Gasteiger partial charge in [-0.05, 0) is 23.1 Å². The Kier molecular flexibility index (Phi) is 1.53. The van der Waals surface area contributed by atoms with E-state index in [1.807, 2.05) is 12.1 Å². The molecule has 13 heavy (non-hydrogen) atoms. The van der Waals surface area contributed by atoms with Gasteiger partial charge in [-0.3, -0.25) is 5.11 Å². The van der Waals surface area contributed by atoms with Crippen molar-refractivity contribution in [1.29, 1.82) is 0 Å². The van der Waals surface area contributed by atoms with Gasteiger partial charge in [0.05, 0.1) is 0 Å². The number of allylic oxidation sites excluding steroid dienone is 1. The first-order chi connectivity index (χ1) is 6.03. The van der Waals surface area contributed by atoms with Crippen molar-refractivity contribution in [3.63, 3.8) is 0 Å². The monoisotopic (exact) mass is 173 g/mol. The lowest BCUT2D eigenvalue weighted by Crippen LogP contribution is -1.88. The molecule has 0 bridgehead atoms. The van der Waals surface area contributed by atoms with Crippen LogP contribution in [-0.2, 0) is 5.11 Å². The summed E-state index contributed by atoms with van der Waals surface area (Å²) < 4.78 is 0. The molecule has 1 radical (unpaired) electrons. The van der Waals surface area contributed by atoms with E-state index in [4.69, 9.17) is 0 Å². The largest absolute Gasteiger partial charge is 0.290 e. The van der Waals surface area contributed by atoms with Crippen molar-refractivity contribution in [3.05, 3.63) is 42.0 Å². The summed E-state index contributed by atoms with van der Waals surface area (Å²) in [5, 5.41) is 10.9. The van der Waals surface area contributed by atoms with Crippen molar-refractivity contribution in [3.8, 4) is 5.75 Å². The number of benzene rings is 1. The minimum atomic E-state index is 0.0767. The van der Waals surface area contributed by atoms with Crippen molar-refractivity contribution in [2.24, 2.45) is 5.41 Å². The molecule has 1 nitrogen and oxygen atoms in total. The average Bonchev–Trinajstić information content (AvgIpc) is 2.55. The molecule has 1 aliphatic rings. The Balaban J connectivity index is 2.30. The number of rotatable bonds is 1. The van der Waals surface area contributed by atoms with Crippen molar-refractivity contribution >= 4 is 0 Å². The summed E-state index contributed by atoms with van der Waals surface area (Å²) in [6.45, 7) is 8.39. The fourth-order valence-corrected chi connectivity index (χ4v) is 1.91. The van der Waals surface area contributed by atoms with E-state index in [0.717, 1.165) is 0 Å². The van der Waals surface area contributed by atoms with Crippen LogP contribution in [0, 0.1) is 5.41 Å². The molecule has 1 aromatic rings. The van der Waals surface area contributed by atoms with Crippen LogP contribution in [0.1, 0.15) is 25.3 Å². The molecule has 67 valence electrons. The molecule has 1 aliphatic carbocycles. The van der Waals surface area contributed by atoms with Crippen molar-refractivity contribution in [2.45, 2.75) is 19.8 Å². The van der Waals surface area contributed by atoms with Gasteiger partial charge in [0.25, 0.3) is 0 Å². The van der Waals surface area contributed by atoms with Gasteiger partial charge in [0, 0.05) is 5.92 Å². The lowest BCUT2D eigenvalue weighted by Gasteiger charge is -2.01. The summed E-state index contributed by atoms with van der Waals surface area (Å²) in [6.07, 6.45) is 0. The quantitative estimate of drug-likeness (QED) is 0.579. The molecule has 1 unspecified atom stereocenters. The molecule has 1 atom stereocenters. The van der Waals surface area contributed by atoms with Crippen LogP contribution in [0.5, 0.6) is 5.75 Å². The first kappa shape index (κ1) is 8.36. The van der Waals surface area contributed by atoms with E-state index in [1.54, 1.807) is 12.1 Å². The highest BCUT2D eigenvalue weighted by Crippen LogP contribution is 2.62. The van der Waals surface area contributed by atoms with E-state index >= 15 is 0 Å². The van der Waals surface area contributed by atoms with Crippen LogP contribution in [0.25, 0.3) is 0 Å². The molecule has 0 saturated heterocycles. The second kappa shape index (κ2) is 2.38. The van der Waals surface area contributed by atoms with Crippen LogP contribution in [0.4, 0.5) is 0 Å². The second-order valence-electron chi connectivity index (χ2n) is 4.25. The minimum Gasteiger partial charge on any atom is -0.290 e. The molecule has 0 spiro atoms. The average molecular weight is 173 g/mol. The van der Waals surface area contributed by atoms with Crippen molar-refractivity contribution in [1.82, 2.24) is 0 Å². The van der Waals surface area contributed by atoms with Gasteiger partial charge in [-0.25, -0.2) is 0 Å². The molecule has 1 aromatic carbocycles. The van der Waals surface area contributed by atoms with Crippen molar-refractivity contribution in [2.75, 3.05) is 0 Å². The van der Waals surface area contributed by atoms with Gasteiger partial charge in [-0.15, -0.1) is 0 Å². The Bertz CT molecular complexity index is 346. The van der Waals surface area contributed by atoms with E-state index in [1.165, 1.54) is 11.1 Å². The summed E-state index contributed by atoms with van der Waals surface area (Å²) in [5.74, 6) is 0.529. The van der Waals surface area contributed by atoms with E-state index in [0.29, 0.717) is 5.92 Å². The standard InChI is InChI=1S/C12H13O/c1-8-11(12(8,2)3)9-4-6-10(13)7-5-9/h4-7,11H,1H2,2-3H3. The fourth-order valence-electron chi connectivity index (χ4n) is 1.91. The van der Waals surface area contributed by atoms with Crippen molar-refractivity contribution < 1.29 is 5.11 Å². The summed E-state index contributed by atoms with van der Waals surface area (Å²) in [5.41, 5.74) is 2.71. The third-order valence-electron chi connectivity index (χ3n) is 3.03. The number of hydrogen-bond donors (Lipinski definition) is 0. The smallest absolute Gasteiger partial charge is 0.178 e. The van der Waals surface area contributed by atoms with Crippen LogP contribution in [0.3, 0.4) is 0 Å². The predicted octanol–water partition coefficient (Wildman–Crippen LogP) is 3.51. The summed E-state index contributed by atoms with van der Waals surface area (Å²) in [4.78, 5) is 0. The Morgan fingerprint density at radius 2 is 1.69 bits per heavy atom. The van der Waals surface area contributed by atoms with Crippen LogP contribution >= 0.6 is 0 Å². The Morgan fingerprint density at radius 1 is 1.23 bits per heavy atom. The molecule has 0 aromatic heterocycles. The van der Waals surface area contributed by atoms with E-state index in [9.17, 15) is 5.11 Å². The van der Waals surface area contributed by atoms with Gasteiger partial charge < -0.3 is 0 Å². The lowest BCUT2D eigenvalue weighted by molar-refractivity contribution is 0.354. The predicted molar refractivity (Wildman–Crippen MR) is 52.2 cm³/mol. The van der Waals surface area contributed by atoms with Gasteiger partial charge >= 0.3 is 0 Å². The highest BCUT2D eigenvalue weighted by Gasteiger charge is 2.51. The molecule has 1 fully saturated rings. The van der Waals surface area contributed by atoms with Crippen LogP contribution in [0.15, 0.2) is 36.4 Å². The first-order valence-corrected chi connectivity index (χ1v) is 4.50.